The van der Waals surface area contributed by atoms with Crippen LogP contribution in [-0.4, -0.2) is 37.1 Å². The number of piperazine rings is 1. The van der Waals surface area contributed by atoms with Crippen LogP contribution in [0.4, 0.5) is 16.2 Å². The van der Waals surface area contributed by atoms with E-state index in [0.29, 0.717) is 0 Å². The molecule has 1 aliphatic heterocycles. The SMILES string of the molecule is Cc1ccc(N2CCN(C(=O)Nc3ccccc3)CC2)c(C)c1. The lowest BCUT2D eigenvalue weighted by atomic mass is 10.1. The fourth-order valence-electron chi connectivity index (χ4n) is 3.03. The highest BCUT2D eigenvalue weighted by Crippen LogP contribution is 2.22. The predicted octanol–water partition coefficient (Wildman–Crippen LogP) is 3.66. The Bertz CT molecular complexity index is 676. The lowest BCUT2D eigenvalue weighted by Crippen LogP contribution is -2.50. The molecule has 0 aromatic heterocycles. The van der Waals surface area contributed by atoms with E-state index < -0.39 is 0 Å². The Kier molecular flexibility index (Phi) is 4.51. The molecule has 0 atom stereocenters. The topological polar surface area (TPSA) is 35.6 Å². The molecule has 4 nitrogen and oxygen atoms in total. The van der Waals surface area contributed by atoms with E-state index in [-0.39, 0.29) is 6.03 Å². The van der Waals surface area contributed by atoms with Crippen LogP contribution in [0.2, 0.25) is 0 Å². The van der Waals surface area contributed by atoms with Crippen LogP contribution in [0.3, 0.4) is 0 Å². The van der Waals surface area contributed by atoms with Crippen molar-refractivity contribution in [3.05, 3.63) is 59.7 Å². The van der Waals surface area contributed by atoms with Crippen molar-refractivity contribution in [2.45, 2.75) is 13.8 Å². The molecule has 1 aliphatic rings. The van der Waals surface area contributed by atoms with Crippen molar-refractivity contribution in [1.29, 1.82) is 0 Å². The molecule has 23 heavy (non-hydrogen) atoms. The summed E-state index contributed by atoms with van der Waals surface area (Å²) in [6, 6.07) is 16.1. The number of aryl methyl sites for hydroxylation is 2. The van der Waals surface area contributed by atoms with Gasteiger partial charge in [-0.1, -0.05) is 35.9 Å². The van der Waals surface area contributed by atoms with Crippen molar-refractivity contribution < 1.29 is 4.79 Å². The summed E-state index contributed by atoms with van der Waals surface area (Å²) in [5.41, 5.74) is 4.70. The maximum absolute atomic E-state index is 12.3. The van der Waals surface area contributed by atoms with E-state index >= 15 is 0 Å². The second-order valence-corrected chi connectivity index (χ2v) is 6.06. The molecule has 1 heterocycles. The molecule has 4 heteroatoms. The van der Waals surface area contributed by atoms with Gasteiger partial charge in [-0.15, -0.1) is 0 Å². The zero-order valence-electron chi connectivity index (χ0n) is 13.7. The zero-order valence-corrected chi connectivity index (χ0v) is 13.7. The second-order valence-electron chi connectivity index (χ2n) is 6.06. The van der Waals surface area contributed by atoms with Crippen LogP contribution in [-0.2, 0) is 0 Å². The molecule has 1 N–H and O–H groups in total. The molecule has 0 saturated carbocycles. The third-order valence-electron chi connectivity index (χ3n) is 4.28. The molecule has 1 fully saturated rings. The standard InChI is InChI=1S/C19H23N3O/c1-15-8-9-18(16(2)14-15)21-10-12-22(13-11-21)19(23)20-17-6-4-3-5-7-17/h3-9,14H,10-13H2,1-2H3,(H,20,23). The first kappa shape index (κ1) is 15.4. The number of carbonyl (C=O) groups excluding carboxylic acids is 1. The largest absolute Gasteiger partial charge is 0.368 e. The molecular weight excluding hydrogens is 286 g/mol. The first-order valence-electron chi connectivity index (χ1n) is 8.06. The van der Waals surface area contributed by atoms with Gasteiger partial charge in [0.05, 0.1) is 0 Å². The fraction of sp³-hybridized carbons (Fsp3) is 0.316. The Morgan fingerprint density at radius 2 is 1.65 bits per heavy atom. The van der Waals surface area contributed by atoms with Gasteiger partial charge in [-0.2, -0.15) is 0 Å². The predicted molar refractivity (Wildman–Crippen MR) is 95.2 cm³/mol. The number of rotatable bonds is 2. The van der Waals surface area contributed by atoms with Gasteiger partial charge in [0.2, 0.25) is 0 Å². The Balaban J connectivity index is 1.59. The molecule has 2 aromatic carbocycles. The molecule has 1 saturated heterocycles. The Labute approximate surface area is 137 Å². The van der Waals surface area contributed by atoms with Crippen LogP contribution in [0.5, 0.6) is 0 Å². The molecule has 0 bridgehead atoms. The number of hydrogen-bond donors (Lipinski definition) is 1. The average Bonchev–Trinajstić information content (AvgIpc) is 2.56. The average molecular weight is 309 g/mol. The normalized spacial score (nSPS) is 14.7. The quantitative estimate of drug-likeness (QED) is 0.919. The van der Waals surface area contributed by atoms with Crippen LogP contribution in [0.25, 0.3) is 0 Å². The summed E-state index contributed by atoms with van der Waals surface area (Å²) in [4.78, 5) is 16.6. The molecule has 0 radical (unpaired) electrons. The van der Waals surface area contributed by atoms with Crippen molar-refractivity contribution in [3.63, 3.8) is 0 Å². The first-order chi connectivity index (χ1) is 11.1. The molecular formula is C19H23N3O. The minimum atomic E-state index is -0.0171. The van der Waals surface area contributed by atoms with Crippen LogP contribution in [0.1, 0.15) is 11.1 Å². The van der Waals surface area contributed by atoms with Gasteiger partial charge in [0.15, 0.2) is 0 Å². The number of amides is 2. The molecule has 2 aromatic rings. The Hall–Kier alpha value is -2.49. The van der Waals surface area contributed by atoms with Crippen LogP contribution in [0.15, 0.2) is 48.5 Å². The van der Waals surface area contributed by atoms with E-state index in [1.807, 2.05) is 35.2 Å². The third-order valence-corrected chi connectivity index (χ3v) is 4.28. The Morgan fingerprint density at radius 1 is 0.957 bits per heavy atom. The summed E-state index contributed by atoms with van der Waals surface area (Å²) < 4.78 is 0. The summed E-state index contributed by atoms with van der Waals surface area (Å²) in [6.45, 7) is 7.48. The smallest absolute Gasteiger partial charge is 0.321 e. The van der Waals surface area contributed by atoms with Crippen LogP contribution in [0, 0.1) is 13.8 Å². The van der Waals surface area contributed by atoms with Crippen molar-refractivity contribution in [3.8, 4) is 0 Å². The van der Waals surface area contributed by atoms with E-state index in [0.717, 1.165) is 31.9 Å². The van der Waals surface area contributed by atoms with E-state index in [1.54, 1.807) is 0 Å². The van der Waals surface area contributed by atoms with E-state index in [2.05, 4.69) is 42.3 Å². The summed E-state index contributed by atoms with van der Waals surface area (Å²) in [6.07, 6.45) is 0. The molecule has 0 spiro atoms. The van der Waals surface area contributed by atoms with Gasteiger partial charge in [-0.05, 0) is 37.6 Å². The summed E-state index contributed by atoms with van der Waals surface area (Å²) in [7, 11) is 0. The van der Waals surface area contributed by atoms with Crippen molar-refractivity contribution >= 4 is 17.4 Å². The number of carbonyl (C=O) groups is 1. The fourth-order valence-corrected chi connectivity index (χ4v) is 3.03. The maximum Gasteiger partial charge on any atom is 0.321 e. The van der Waals surface area contributed by atoms with E-state index in [1.165, 1.54) is 16.8 Å². The lowest BCUT2D eigenvalue weighted by molar-refractivity contribution is 0.208. The van der Waals surface area contributed by atoms with Crippen molar-refractivity contribution in [1.82, 2.24) is 4.90 Å². The van der Waals surface area contributed by atoms with Crippen molar-refractivity contribution in [2.75, 3.05) is 36.4 Å². The monoisotopic (exact) mass is 309 g/mol. The van der Waals surface area contributed by atoms with Gasteiger partial charge >= 0.3 is 6.03 Å². The lowest BCUT2D eigenvalue weighted by Gasteiger charge is -2.36. The number of urea groups is 1. The second kappa shape index (κ2) is 6.73. The number of nitrogens with one attached hydrogen (secondary N) is 1. The van der Waals surface area contributed by atoms with Gasteiger partial charge < -0.3 is 15.1 Å². The van der Waals surface area contributed by atoms with Crippen molar-refractivity contribution in [2.24, 2.45) is 0 Å². The third kappa shape index (κ3) is 3.65. The number of benzene rings is 2. The molecule has 3 rings (SSSR count). The molecule has 0 unspecified atom stereocenters. The maximum atomic E-state index is 12.3. The van der Waals surface area contributed by atoms with E-state index in [9.17, 15) is 4.79 Å². The molecule has 2 amide bonds. The van der Waals surface area contributed by atoms with Gasteiger partial charge in [0.25, 0.3) is 0 Å². The molecule has 0 aliphatic carbocycles. The van der Waals surface area contributed by atoms with Crippen LogP contribution >= 0.6 is 0 Å². The summed E-state index contributed by atoms with van der Waals surface area (Å²) >= 11 is 0. The number of hydrogen-bond acceptors (Lipinski definition) is 2. The van der Waals surface area contributed by atoms with Gasteiger partial charge in [0, 0.05) is 37.6 Å². The summed E-state index contributed by atoms with van der Waals surface area (Å²) in [5.74, 6) is 0. The van der Waals surface area contributed by atoms with Gasteiger partial charge in [0.1, 0.15) is 0 Å². The van der Waals surface area contributed by atoms with Gasteiger partial charge in [-0.25, -0.2) is 4.79 Å². The zero-order chi connectivity index (χ0) is 16.2. The molecule has 120 valence electrons. The minimum Gasteiger partial charge on any atom is -0.368 e. The first-order valence-corrected chi connectivity index (χ1v) is 8.06. The van der Waals surface area contributed by atoms with E-state index in [4.69, 9.17) is 0 Å². The highest BCUT2D eigenvalue weighted by molar-refractivity contribution is 5.89. The minimum absolute atomic E-state index is 0.0171. The number of para-hydroxylation sites is 1. The Morgan fingerprint density at radius 3 is 2.30 bits per heavy atom. The number of nitrogens with zero attached hydrogens (tertiary/aromatic N) is 2. The summed E-state index contributed by atoms with van der Waals surface area (Å²) in [5, 5.41) is 2.95. The van der Waals surface area contributed by atoms with Gasteiger partial charge in [-0.3, -0.25) is 0 Å². The number of anilines is 2. The highest BCUT2D eigenvalue weighted by Gasteiger charge is 2.22. The van der Waals surface area contributed by atoms with Crippen LogP contribution < -0.4 is 10.2 Å². The highest BCUT2D eigenvalue weighted by atomic mass is 16.2.